The van der Waals surface area contributed by atoms with Gasteiger partial charge in [0.2, 0.25) is 5.71 Å². The summed E-state index contributed by atoms with van der Waals surface area (Å²) in [6.07, 6.45) is 1.39. The molecule has 0 radical (unpaired) electrons. The first-order valence-corrected chi connectivity index (χ1v) is 6.15. The molecule has 2 rings (SSSR count). The summed E-state index contributed by atoms with van der Waals surface area (Å²) in [5.41, 5.74) is 2.49. The van der Waals surface area contributed by atoms with Gasteiger partial charge in [-0.25, -0.2) is 4.98 Å². The van der Waals surface area contributed by atoms with Crippen molar-refractivity contribution >= 4 is 17.1 Å². The monoisotopic (exact) mass is 308 g/mol. The maximum absolute atomic E-state index is 10.9. The van der Waals surface area contributed by atoms with Crippen molar-refractivity contribution in [1.29, 1.82) is 10.5 Å². The van der Waals surface area contributed by atoms with E-state index in [0.29, 0.717) is 11.4 Å². The predicted molar refractivity (Wildman–Crippen MR) is 79.7 cm³/mol. The zero-order valence-corrected chi connectivity index (χ0v) is 11.5. The molecule has 2 aromatic rings. The molecule has 0 aliphatic rings. The van der Waals surface area contributed by atoms with Crippen molar-refractivity contribution in [3.05, 3.63) is 52.7 Å². The number of nitrogens with one attached hydrogen (secondary N) is 1. The van der Waals surface area contributed by atoms with Crippen molar-refractivity contribution in [2.45, 2.75) is 0 Å². The molecule has 0 saturated heterocycles. The molecule has 0 aliphatic carbocycles. The van der Waals surface area contributed by atoms with Crippen molar-refractivity contribution in [2.75, 3.05) is 5.43 Å². The van der Waals surface area contributed by atoms with Crippen LogP contribution in [-0.4, -0.2) is 15.6 Å². The number of benzene rings is 1. The topological polar surface area (TPSA) is 137 Å². The first-order valence-electron chi connectivity index (χ1n) is 6.15. The predicted octanol–water partition coefficient (Wildman–Crippen LogP) is 2.60. The molecule has 0 aliphatic heterocycles. The van der Waals surface area contributed by atoms with Crippen LogP contribution >= 0.6 is 0 Å². The summed E-state index contributed by atoms with van der Waals surface area (Å²) in [4.78, 5) is 14.1. The van der Waals surface area contributed by atoms with Crippen LogP contribution in [0.3, 0.4) is 0 Å². The zero-order chi connectivity index (χ0) is 16.7. The summed E-state index contributed by atoms with van der Waals surface area (Å²) < 4.78 is 5.37. The molecule has 0 spiro atoms. The standard InChI is InChI=1S/C14H8N6O3/c15-8-11(9-16)19-18-10-3-5-12(6-4-10)23-14-13(20(21)22)2-1-7-17-14/h1-7,18H. The molecule has 112 valence electrons. The number of aromatic nitrogens is 1. The Morgan fingerprint density at radius 2 is 1.96 bits per heavy atom. The lowest BCUT2D eigenvalue weighted by Crippen LogP contribution is -1.97. The van der Waals surface area contributed by atoms with Gasteiger partial charge in [-0.05, 0) is 30.3 Å². The summed E-state index contributed by atoms with van der Waals surface area (Å²) >= 11 is 0. The van der Waals surface area contributed by atoms with Gasteiger partial charge in [-0.1, -0.05) is 0 Å². The molecule has 1 heterocycles. The van der Waals surface area contributed by atoms with E-state index in [2.05, 4.69) is 15.5 Å². The fourth-order valence-corrected chi connectivity index (χ4v) is 1.50. The molecule has 9 nitrogen and oxygen atoms in total. The number of nitriles is 2. The van der Waals surface area contributed by atoms with Gasteiger partial charge in [0.15, 0.2) is 0 Å². The molecular formula is C14H8N6O3. The minimum Gasteiger partial charge on any atom is -0.434 e. The van der Waals surface area contributed by atoms with Gasteiger partial charge in [-0.15, -0.1) is 0 Å². The minimum absolute atomic E-state index is 0.118. The van der Waals surface area contributed by atoms with Gasteiger partial charge in [-0.2, -0.15) is 15.6 Å². The maximum atomic E-state index is 10.9. The first-order chi connectivity index (χ1) is 11.1. The molecule has 0 amide bonds. The highest BCUT2D eigenvalue weighted by molar-refractivity contribution is 6.10. The van der Waals surface area contributed by atoms with E-state index in [-0.39, 0.29) is 17.3 Å². The minimum atomic E-state index is -0.585. The van der Waals surface area contributed by atoms with Crippen molar-refractivity contribution in [2.24, 2.45) is 5.10 Å². The second-order valence-electron chi connectivity index (χ2n) is 4.01. The van der Waals surface area contributed by atoms with Crippen LogP contribution in [0.25, 0.3) is 0 Å². The van der Waals surface area contributed by atoms with Gasteiger partial charge < -0.3 is 4.74 Å². The highest BCUT2D eigenvalue weighted by Crippen LogP contribution is 2.28. The average molecular weight is 308 g/mol. The van der Waals surface area contributed by atoms with Crippen LogP contribution in [0.2, 0.25) is 0 Å². The van der Waals surface area contributed by atoms with Crippen LogP contribution in [0.15, 0.2) is 47.7 Å². The molecule has 1 aromatic heterocycles. The van der Waals surface area contributed by atoms with E-state index in [1.807, 2.05) is 0 Å². The van der Waals surface area contributed by atoms with E-state index >= 15 is 0 Å². The Bertz CT molecular complexity index is 817. The molecular weight excluding hydrogens is 300 g/mol. The van der Waals surface area contributed by atoms with E-state index in [0.717, 1.165) is 0 Å². The van der Waals surface area contributed by atoms with Gasteiger partial charge in [0.05, 0.1) is 10.6 Å². The van der Waals surface area contributed by atoms with E-state index in [1.54, 1.807) is 24.3 Å². The Balaban J connectivity index is 2.13. The highest BCUT2D eigenvalue weighted by atomic mass is 16.6. The second kappa shape index (κ2) is 7.15. The zero-order valence-electron chi connectivity index (χ0n) is 11.5. The lowest BCUT2D eigenvalue weighted by molar-refractivity contribution is -0.386. The van der Waals surface area contributed by atoms with Crippen LogP contribution in [-0.2, 0) is 0 Å². The van der Waals surface area contributed by atoms with Gasteiger partial charge in [0.25, 0.3) is 5.88 Å². The molecule has 0 bridgehead atoms. The third kappa shape index (κ3) is 4.00. The van der Waals surface area contributed by atoms with Crippen molar-refractivity contribution in [3.63, 3.8) is 0 Å². The molecule has 23 heavy (non-hydrogen) atoms. The molecule has 0 saturated carbocycles. The quantitative estimate of drug-likeness (QED) is 0.509. The number of rotatable bonds is 5. The summed E-state index contributed by atoms with van der Waals surface area (Å²) in [6, 6.07) is 12.2. The van der Waals surface area contributed by atoms with Crippen LogP contribution in [0.5, 0.6) is 11.6 Å². The van der Waals surface area contributed by atoms with Gasteiger partial charge in [0.1, 0.15) is 17.9 Å². The van der Waals surface area contributed by atoms with Gasteiger partial charge >= 0.3 is 5.69 Å². The number of nitro groups is 1. The number of ether oxygens (including phenoxy) is 1. The van der Waals surface area contributed by atoms with E-state index in [1.165, 1.54) is 30.5 Å². The smallest absolute Gasteiger partial charge is 0.331 e. The summed E-state index contributed by atoms with van der Waals surface area (Å²) in [5.74, 6) is 0.217. The van der Waals surface area contributed by atoms with Crippen LogP contribution in [0.4, 0.5) is 11.4 Å². The summed E-state index contributed by atoms with van der Waals surface area (Å²) in [6.45, 7) is 0. The third-order valence-electron chi connectivity index (χ3n) is 2.53. The van der Waals surface area contributed by atoms with E-state index in [4.69, 9.17) is 15.3 Å². The number of hydrogen-bond acceptors (Lipinski definition) is 8. The van der Waals surface area contributed by atoms with Crippen molar-refractivity contribution < 1.29 is 9.66 Å². The van der Waals surface area contributed by atoms with E-state index in [9.17, 15) is 10.1 Å². The Hall–Kier alpha value is -3.98. The number of nitrogens with zero attached hydrogens (tertiary/aromatic N) is 5. The SMILES string of the molecule is N#CC(C#N)=NNc1ccc(Oc2ncccc2[N+](=O)[O-])cc1. The molecule has 0 atom stereocenters. The number of hydrogen-bond donors (Lipinski definition) is 1. The molecule has 1 N–H and O–H groups in total. The number of pyridine rings is 1. The van der Waals surface area contributed by atoms with Crippen LogP contribution in [0.1, 0.15) is 0 Å². The highest BCUT2D eigenvalue weighted by Gasteiger charge is 2.16. The Kier molecular flexibility index (Phi) is 4.79. The second-order valence-corrected chi connectivity index (χ2v) is 4.01. The van der Waals surface area contributed by atoms with Crippen molar-refractivity contribution in [3.8, 4) is 23.8 Å². The van der Waals surface area contributed by atoms with Gasteiger partial charge in [0, 0.05) is 12.3 Å². The largest absolute Gasteiger partial charge is 0.434 e. The molecule has 1 aromatic carbocycles. The number of hydrazone groups is 1. The molecule has 0 fully saturated rings. The first kappa shape index (κ1) is 15.4. The van der Waals surface area contributed by atoms with E-state index < -0.39 is 4.92 Å². The lowest BCUT2D eigenvalue weighted by Gasteiger charge is -2.06. The average Bonchev–Trinajstić information content (AvgIpc) is 2.57. The number of anilines is 1. The Morgan fingerprint density at radius 3 is 2.57 bits per heavy atom. The Labute approximate surface area is 130 Å². The lowest BCUT2D eigenvalue weighted by atomic mass is 10.3. The third-order valence-corrected chi connectivity index (χ3v) is 2.53. The van der Waals surface area contributed by atoms with Crippen molar-refractivity contribution in [1.82, 2.24) is 4.98 Å². The normalized spacial score (nSPS) is 9.13. The van der Waals surface area contributed by atoms with Crippen LogP contribution in [0, 0.1) is 32.8 Å². The van der Waals surface area contributed by atoms with Gasteiger partial charge in [-0.3, -0.25) is 15.5 Å². The maximum Gasteiger partial charge on any atom is 0.331 e. The summed E-state index contributed by atoms with van der Waals surface area (Å²) in [5, 5.41) is 31.6. The molecule has 9 heteroatoms. The molecule has 0 unspecified atom stereocenters. The Morgan fingerprint density at radius 1 is 1.26 bits per heavy atom. The fourth-order valence-electron chi connectivity index (χ4n) is 1.50. The van der Waals surface area contributed by atoms with Crippen LogP contribution < -0.4 is 10.2 Å². The fraction of sp³-hybridized carbons (Fsp3) is 0. The summed E-state index contributed by atoms with van der Waals surface area (Å²) in [7, 11) is 0.